The van der Waals surface area contributed by atoms with E-state index in [4.69, 9.17) is 0 Å². The fourth-order valence-corrected chi connectivity index (χ4v) is 8.43. The maximum atomic E-state index is 13.2. The Labute approximate surface area is 181 Å². The molecule has 0 saturated heterocycles. The molecule has 0 radical (unpaired) electrons. The Morgan fingerprint density at radius 2 is 1.77 bits per heavy atom. The van der Waals surface area contributed by atoms with E-state index < -0.39 is 0 Å². The molecule has 0 aliphatic heterocycles. The Morgan fingerprint density at radius 3 is 2.57 bits per heavy atom. The Kier molecular flexibility index (Phi) is 5.44. The monoisotopic (exact) mass is 411 g/mol. The normalized spacial score (nSPS) is 42.7. The van der Waals surface area contributed by atoms with Crippen molar-refractivity contribution < 1.29 is 9.18 Å². The van der Waals surface area contributed by atoms with Gasteiger partial charge in [0.25, 0.3) is 0 Å². The molecule has 30 heavy (non-hydrogen) atoms. The summed E-state index contributed by atoms with van der Waals surface area (Å²) in [4.78, 5) is 13.2. The fourth-order valence-electron chi connectivity index (χ4n) is 8.43. The summed E-state index contributed by atoms with van der Waals surface area (Å²) in [6.07, 6.45) is 12.0. The molecule has 0 bridgehead atoms. The van der Waals surface area contributed by atoms with Crippen molar-refractivity contribution in [1.29, 1.82) is 0 Å². The van der Waals surface area contributed by atoms with Crippen LogP contribution in [0, 0.1) is 52.7 Å². The molecule has 0 aromatic heterocycles. The Hall–Kier alpha value is -1.38. The summed E-state index contributed by atoms with van der Waals surface area (Å²) in [6.45, 7) is 5.38. The number of hydrogen-bond acceptors (Lipinski definition) is 1. The highest BCUT2D eigenvalue weighted by molar-refractivity contribution is 5.80. The summed E-state index contributed by atoms with van der Waals surface area (Å²) in [6, 6.07) is 6.48. The zero-order valence-electron chi connectivity index (χ0n) is 18.7. The van der Waals surface area contributed by atoms with Gasteiger partial charge in [0.1, 0.15) is 5.82 Å². The summed E-state index contributed by atoms with van der Waals surface area (Å²) in [7, 11) is 0. The third-order valence-corrected chi connectivity index (χ3v) is 9.91. The summed E-state index contributed by atoms with van der Waals surface area (Å²) in [5.41, 5.74) is 1.14. The number of hydrogen-bond donors (Lipinski definition) is 1. The number of carbonyl (C=O) groups excluding carboxylic acids is 1. The molecule has 2 nitrogen and oxygen atoms in total. The maximum absolute atomic E-state index is 13.2. The Bertz CT molecular complexity index is 776. The summed E-state index contributed by atoms with van der Waals surface area (Å²) < 4.78 is 13.1. The van der Waals surface area contributed by atoms with Crippen LogP contribution in [-0.2, 0) is 11.3 Å². The van der Waals surface area contributed by atoms with Gasteiger partial charge in [0, 0.05) is 12.5 Å². The molecule has 1 amide bonds. The van der Waals surface area contributed by atoms with Crippen molar-refractivity contribution in [2.24, 2.45) is 46.8 Å². The van der Waals surface area contributed by atoms with Crippen molar-refractivity contribution in [2.75, 3.05) is 0 Å². The molecule has 1 aromatic rings. The quantitative estimate of drug-likeness (QED) is 0.617. The van der Waals surface area contributed by atoms with E-state index in [1.807, 2.05) is 0 Å². The van der Waals surface area contributed by atoms with Gasteiger partial charge in [0.15, 0.2) is 0 Å². The molecule has 4 saturated carbocycles. The van der Waals surface area contributed by atoms with Crippen LogP contribution in [0.5, 0.6) is 0 Å². The Balaban J connectivity index is 1.26. The van der Waals surface area contributed by atoms with Crippen LogP contribution < -0.4 is 5.32 Å². The van der Waals surface area contributed by atoms with Crippen molar-refractivity contribution >= 4 is 5.91 Å². The molecule has 1 aromatic carbocycles. The average Bonchev–Trinajstić information content (AvgIpc) is 3.10. The van der Waals surface area contributed by atoms with Crippen LogP contribution in [0.15, 0.2) is 24.3 Å². The SMILES string of the molecule is CC1CCC2C(CCC3C2CCC2(C)C3CC[C@@H]2C(=O)NCc2ccc(F)cc2)C1. The van der Waals surface area contributed by atoms with Crippen molar-refractivity contribution in [1.82, 2.24) is 5.32 Å². The van der Waals surface area contributed by atoms with Gasteiger partial charge in [-0.1, -0.05) is 32.4 Å². The van der Waals surface area contributed by atoms with Crippen molar-refractivity contribution in [3.8, 4) is 0 Å². The highest BCUT2D eigenvalue weighted by atomic mass is 19.1. The smallest absolute Gasteiger partial charge is 0.223 e. The van der Waals surface area contributed by atoms with Gasteiger partial charge in [-0.05, 0) is 110 Å². The van der Waals surface area contributed by atoms with Crippen LogP contribution >= 0.6 is 0 Å². The third kappa shape index (κ3) is 3.50. The number of nitrogens with one attached hydrogen (secondary N) is 1. The molecular formula is C27H38FNO. The molecule has 4 aliphatic carbocycles. The van der Waals surface area contributed by atoms with Crippen LogP contribution in [0.1, 0.15) is 77.2 Å². The molecule has 4 fully saturated rings. The first-order valence-corrected chi connectivity index (χ1v) is 12.5. The van der Waals surface area contributed by atoms with E-state index >= 15 is 0 Å². The van der Waals surface area contributed by atoms with E-state index in [-0.39, 0.29) is 23.1 Å². The number of halogens is 1. The molecule has 5 rings (SSSR count). The van der Waals surface area contributed by atoms with Crippen LogP contribution in [0.3, 0.4) is 0 Å². The van der Waals surface area contributed by atoms with Crippen LogP contribution in [0.4, 0.5) is 4.39 Å². The number of fused-ring (bicyclic) bond motifs is 5. The highest BCUT2D eigenvalue weighted by Crippen LogP contribution is 2.64. The van der Waals surface area contributed by atoms with Gasteiger partial charge in [-0.2, -0.15) is 0 Å². The first kappa shape index (κ1) is 20.5. The van der Waals surface area contributed by atoms with Gasteiger partial charge in [-0.25, -0.2) is 4.39 Å². The largest absolute Gasteiger partial charge is 0.352 e. The number of carbonyl (C=O) groups is 1. The number of benzene rings is 1. The first-order valence-electron chi connectivity index (χ1n) is 12.5. The van der Waals surface area contributed by atoms with E-state index in [1.54, 1.807) is 12.1 Å². The van der Waals surface area contributed by atoms with E-state index in [1.165, 1.54) is 63.5 Å². The lowest BCUT2D eigenvalue weighted by molar-refractivity contribution is -0.132. The predicted octanol–water partition coefficient (Wildman–Crippen LogP) is 6.35. The topological polar surface area (TPSA) is 29.1 Å². The van der Waals surface area contributed by atoms with Gasteiger partial charge < -0.3 is 5.32 Å². The average molecular weight is 412 g/mol. The molecule has 3 heteroatoms. The third-order valence-electron chi connectivity index (χ3n) is 9.91. The van der Waals surface area contributed by atoms with Gasteiger partial charge in [0.2, 0.25) is 5.91 Å². The van der Waals surface area contributed by atoms with E-state index in [9.17, 15) is 9.18 Å². The molecule has 7 unspecified atom stereocenters. The summed E-state index contributed by atoms with van der Waals surface area (Å²) in [5.74, 6) is 5.54. The molecule has 0 spiro atoms. The zero-order chi connectivity index (χ0) is 20.9. The van der Waals surface area contributed by atoms with Crippen molar-refractivity contribution in [3.63, 3.8) is 0 Å². The molecule has 164 valence electrons. The maximum Gasteiger partial charge on any atom is 0.223 e. The number of rotatable bonds is 3. The van der Waals surface area contributed by atoms with Gasteiger partial charge in [-0.3, -0.25) is 4.79 Å². The molecule has 4 aliphatic rings. The predicted molar refractivity (Wildman–Crippen MR) is 118 cm³/mol. The fraction of sp³-hybridized carbons (Fsp3) is 0.741. The van der Waals surface area contributed by atoms with E-state index in [2.05, 4.69) is 19.2 Å². The molecule has 0 heterocycles. The van der Waals surface area contributed by atoms with Crippen molar-refractivity contribution in [3.05, 3.63) is 35.6 Å². The standard InChI is InChI=1S/C27H38FNO/c1-17-3-9-21-19(15-17)6-10-23-22(21)13-14-27(2)24(23)11-12-25(27)26(30)29-16-18-4-7-20(28)8-5-18/h4-5,7-8,17,19,21-25H,3,6,9-16H2,1-2H3,(H,29,30)/t17?,19?,21?,22?,23?,24?,25-,27?/m1/s1. The van der Waals surface area contributed by atoms with Gasteiger partial charge in [-0.15, -0.1) is 0 Å². The first-order chi connectivity index (χ1) is 14.5. The lowest BCUT2D eigenvalue weighted by Crippen LogP contribution is -2.50. The molecular weight excluding hydrogens is 373 g/mol. The minimum absolute atomic E-state index is 0.146. The van der Waals surface area contributed by atoms with Crippen LogP contribution in [0.25, 0.3) is 0 Å². The highest BCUT2D eigenvalue weighted by Gasteiger charge is 2.58. The molecule has 1 N–H and O–H groups in total. The lowest BCUT2D eigenvalue weighted by atomic mass is 9.49. The summed E-state index contributed by atoms with van der Waals surface area (Å²) in [5, 5.41) is 3.18. The van der Waals surface area contributed by atoms with Crippen LogP contribution in [-0.4, -0.2) is 5.91 Å². The summed E-state index contributed by atoms with van der Waals surface area (Å²) >= 11 is 0. The van der Waals surface area contributed by atoms with E-state index in [0.717, 1.165) is 47.5 Å². The minimum atomic E-state index is -0.227. The van der Waals surface area contributed by atoms with E-state index in [0.29, 0.717) is 6.54 Å². The number of amides is 1. The molecule has 8 atom stereocenters. The van der Waals surface area contributed by atoms with Gasteiger partial charge in [0.05, 0.1) is 0 Å². The van der Waals surface area contributed by atoms with Crippen molar-refractivity contribution in [2.45, 2.75) is 78.2 Å². The lowest BCUT2D eigenvalue weighted by Gasteiger charge is -2.56. The second-order valence-corrected chi connectivity index (χ2v) is 11.4. The second-order valence-electron chi connectivity index (χ2n) is 11.4. The zero-order valence-corrected chi connectivity index (χ0v) is 18.7. The second kappa shape index (κ2) is 7.95. The van der Waals surface area contributed by atoms with Crippen LogP contribution in [0.2, 0.25) is 0 Å². The minimum Gasteiger partial charge on any atom is -0.352 e. The Morgan fingerprint density at radius 1 is 1.00 bits per heavy atom. The van der Waals surface area contributed by atoms with Gasteiger partial charge >= 0.3 is 0 Å².